The van der Waals surface area contributed by atoms with Gasteiger partial charge in [-0.05, 0) is 25.1 Å². The molecule has 1 unspecified atom stereocenters. The predicted octanol–water partition coefficient (Wildman–Crippen LogP) is 3.04. The molecule has 5 heteroatoms. The Balaban J connectivity index is 2.86. The lowest BCUT2D eigenvalue weighted by atomic mass is 10.3. The number of carbonyl (C=O) groups is 1. The lowest BCUT2D eigenvalue weighted by Crippen LogP contribution is -2.20. The first-order valence-corrected chi connectivity index (χ1v) is 4.72. The molecule has 0 radical (unpaired) electrons. The summed E-state index contributed by atoms with van der Waals surface area (Å²) in [5, 5.41) is 1.96. The normalized spacial score (nSPS) is 12.3. The van der Waals surface area contributed by atoms with E-state index in [0.29, 0.717) is 5.02 Å². The van der Waals surface area contributed by atoms with E-state index in [2.05, 4.69) is 5.32 Å². The highest BCUT2D eigenvalue weighted by Gasteiger charge is 2.11. The number of hydrogen-bond donors (Lipinski definition) is 1. The van der Waals surface area contributed by atoms with Crippen molar-refractivity contribution < 1.29 is 9.18 Å². The second kappa shape index (κ2) is 4.62. The van der Waals surface area contributed by atoms with Gasteiger partial charge in [0, 0.05) is 5.02 Å². The average molecular weight is 236 g/mol. The van der Waals surface area contributed by atoms with Gasteiger partial charge in [0.05, 0.1) is 5.69 Å². The third-order valence-corrected chi connectivity index (χ3v) is 1.98. The van der Waals surface area contributed by atoms with Crippen LogP contribution in [0.5, 0.6) is 0 Å². The third-order valence-electron chi connectivity index (χ3n) is 1.55. The Bertz CT molecular complexity index is 355. The summed E-state index contributed by atoms with van der Waals surface area (Å²) in [4.78, 5) is 11.1. The fourth-order valence-corrected chi connectivity index (χ4v) is 1.05. The maximum absolute atomic E-state index is 13.1. The van der Waals surface area contributed by atoms with Crippen LogP contribution in [0.15, 0.2) is 18.2 Å². The van der Waals surface area contributed by atoms with E-state index < -0.39 is 17.1 Å². The number of carbonyl (C=O) groups excluding carboxylic acids is 1. The molecule has 0 aliphatic rings. The minimum absolute atomic E-state index is 0.0370. The molecule has 1 amide bonds. The van der Waals surface area contributed by atoms with E-state index in [0.717, 1.165) is 0 Å². The molecule has 1 rings (SSSR count). The molecule has 1 atom stereocenters. The summed E-state index contributed by atoms with van der Waals surface area (Å²) in [5.74, 6) is -1.01. The molecule has 0 aromatic heterocycles. The minimum Gasteiger partial charge on any atom is -0.322 e. The molecule has 2 nitrogen and oxygen atoms in total. The Morgan fingerprint density at radius 2 is 2.21 bits per heavy atom. The fraction of sp³-hybridized carbons (Fsp3) is 0.222. The van der Waals surface area contributed by atoms with Gasteiger partial charge in [0.2, 0.25) is 5.91 Å². The Hall–Kier alpha value is -0.800. The molecular weight excluding hydrogens is 228 g/mol. The van der Waals surface area contributed by atoms with Crippen LogP contribution in [0.4, 0.5) is 10.1 Å². The van der Waals surface area contributed by atoms with E-state index in [1.807, 2.05) is 0 Å². The number of hydrogen-bond acceptors (Lipinski definition) is 1. The molecule has 76 valence electrons. The van der Waals surface area contributed by atoms with Crippen molar-refractivity contribution in [2.75, 3.05) is 5.32 Å². The fourth-order valence-electron chi connectivity index (χ4n) is 0.825. The summed E-state index contributed by atoms with van der Waals surface area (Å²) in [6, 6.07) is 3.90. The Morgan fingerprint density at radius 1 is 1.57 bits per heavy atom. The van der Waals surface area contributed by atoms with Crippen LogP contribution < -0.4 is 5.32 Å². The predicted molar refractivity (Wildman–Crippen MR) is 55.4 cm³/mol. The van der Waals surface area contributed by atoms with Crippen LogP contribution in [0, 0.1) is 5.82 Å². The standard InChI is InChI=1S/C9H8Cl2FNO/c1-5(10)9(14)13-8-4-6(11)2-3-7(8)12/h2-5H,1H3,(H,13,14). The lowest BCUT2D eigenvalue weighted by Gasteiger charge is -2.07. The Kier molecular flexibility index (Phi) is 3.72. The van der Waals surface area contributed by atoms with Gasteiger partial charge in [-0.2, -0.15) is 0 Å². The maximum atomic E-state index is 13.1. The number of amides is 1. The largest absolute Gasteiger partial charge is 0.322 e. The van der Waals surface area contributed by atoms with Gasteiger partial charge in [-0.3, -0.25) is 4.79 Å². The topological polar surface area (TPSA) is 29.1 Å². The van der Waals surface area contributed by atoms with E-state index in [9.17, 15) is 9.18 Å². The van der Waals surface area contributed by atoms with Crippen molar-refractivity contribution in [3.63, 3.8) is 0 Å². The zero-order chi connectivity index (χ0) is 10.7. The second-order valence-corrected chi connectivity index (χ2v) is 3.82. The van der Waals surface area contributed by atoms with Crippen LogP contribution in [-0.4, -0.2) is 11.3 Å². The number of nitrogens with one attached hydrogen (secondary N) is 1. The van der Waals surface area contributed by atoms with E-state index in [1.54, 1.807) is 0 Å². The van der Waals surface area contributed by atoms with Crippen LogP contribution in [-0.2, 0) is 4.79 Å². The van der Waals surface area contributed by atoms with Crippen molar-refractivity contribution in [2.45, 2.75) is 12.3 Å². The number of anilines is 1. The summed E-state index contributed by atoms with van der Waals surface area (Å²) < 4.78 is 13.1. The van der Waals surface area contributed by atoms with Crippen molar-refractivity contribution in [1.82, 2.24) is 0 Å². The summed E-state index contributed by atoms with van der Waals surface area (Å²) in [7, 11) is 0. The van der Waals surface area contributed by atoms with Crippen LogP contribution in [0.1, 0.15) is 6.92 Å². The maximum Gasteiger partial charge on any atom is 0.242 e. The summed E-state index contributed by atoms with van der Waals surface area (Å²) >= 11 is 11.1. The molecular formula is C9H8Cl2FNO. The Morgan fingerprint density at radius 3 is 2.79 bits per heavy atom. The summed E-state index contributed by atoms with van der Waals surface area (Å²) in [5.41, 5.74) is 0.0370. The van der Waals surface area contributed by atoms with Gasteiger partial charge >= 0.3 is 0 Å². The number of benzene rings is 1. The van der Waals surface area contributed by atoms with E-state index in [-0.39, 0.29) is 5.69 Å². The van der Waals surface area contributed by atoms with Crippen LogP contribution in [0.25, 0.3) is 0 Å². The van der Waals surface area contributed by atoms with Gasteiger partial charge in [-0.25, -0.2) is 4.39 Å². The van der Waals surface area contributed by atoms with Gasteiger partial charge in [0.15, 0.2) is 0 Å². The lowest BCUT2D eigenvalue weighted by molar-refractivity contribution is -0.115. The molecule has 0 saturated heterocycles. The minimum atomic E-state index is -0.714. The van der Waals surface area contributed by atoms with Gasteiger partial charge in [-0.1, -0.05) is 11.6 Å². The average Bonchev–Trinajstić information content (AvgIpc) is 2.11. The van der Waals surface area contributed by atoms with Gasteiger partial charge < -0.3 is 5.32 Å². The highest BCUT2D eigenvalue weighted by molar-refractivity contribution is 6.32. The van der Waals surface area contributed by atoms with Crippen molar-refractivity contribution in [1.29, 1.82) is 0 Å². The zero-order valence-electron chi connectivity index (χ0n) is 7.35. The monoisotopic (exact) mass is 235 g/mol. The molecule has 0 spiro atoms. The van der Waals surface area contributed by atoms with Gasteiger partial charge in [0.1, 0.15) is 11.2 Å². The number of rotatable bonds is 2. The third kappa shape index (κ3) is 2.86. The van der Waals surface area contributed by atoms with E-state index in [1.165, 1.54) is 25.1 Å². The smallest absolute Gasteiger partial charge is 0.242 e. The first-order chi connectivity index (χ1) is 6.50. The van der Waals surface area contributed by atoms with Crippen LogP contribution in [0.3, 0.4) is 0 Å². The summed E-state index contributed by atoms with van der Waals surface area (Å²) in [6.45, 7) is 1.50. The van der Waals surface area contributed by atoms with Crippen LogP contribution >= 0.6 is 23.2 Å². The number of alkyl halides is 1. The highest BCUT2D eigenvalue weighted by Crippen LogP contribution is 2.19. The first-order valence-electron chi connectivity index (χ1n) is 3.90. The first kappa shape index (κ1) is 11.3. The molecule has 0 aliphatic carbocycles. The molecule has 14 heavy (non-hydrogen) atoms. The molecule has 0 saturated carbocycles. The molecule has 1 N–H and O–H groups in total. The van der Waals surface area contributed by atoms with Crippen LogP contribution in [0.2, 0.25) is 5.02 Å². The molecule has 1 aromatic carbocycles. The Labute approximate surface area is 91.0 Å². The molecule has 0 bridgehead atoms. The zero-order valence-corrected chi connectivity index (χ0v) is 8.86. The van der Waals surface area contributed by atoms with Crippen molar-refractivity contribution in [3.05, 3.63) is 29.0 Å². The van der Waals surface area contributed by atoms with Crippen molar-refractivity contribution >= 4 is 34.8 Å². The molecule has 0 fully saturated rings. The summed E-state index contributed by atoms with van der Waals surface area (Å²) in [6.07, 6.45) is 0. The highest BCUT2D eigenvalue weighted by atomic mass is 35.5. The van der Waals surface area contributed by atoms with Crippen molar-refractivity contribution in [2.24, 2.45) is 0 Å². The van der Waals surface area contributed by atoms with Gasteiger partial charge in [-0.15, -0.1) is 11.6 Å². The van der Waals surface area contributed by atoms with E-state index in [4.69, 9.17) is 23.2 Å². The quantitative estimate of drug-likeness (QED) is 0.785. The van der Waals surface area contributed by atoms with Crippen molar-refractivity contribution in [3.8, 4) is 0 Å². The number of halogens is 3. The molecule has 0 aliphatic heterocycles. The SMILES string of the molecule is CC(Cl)C(=O)Nc1cc(Cl)ccc1F. The van der Waals surface area contributed by atoms with E-state index >= 15 is 0 Å². The molecule has 0 heterocycles. The molecule has 1 aromatic rings. The second-order valence-electron chi connectivity index (χ2n) is 2.73. The van der Waals surface area contributed by atoms with Gasteiger partial charge in [0.25, 0.3) is 0 Å².